The van der Waals surface area contributed by atoms with Gasteiger partial charge < -0.3 is 9.47 Å². The van der Waals surface area contributed by atoms with Crippen molar-refractivity contribution in [3.05, 3.63) is 59.7 Å². The molecule has 5 nitrogen and oxygen atoms in total. The second-order valence-corrected chi connectivity index (χ2v) is 5.01. The Hall–Kier alpha value is -2.82. The number of hydrazone groups is 1. The van der Waals surface area contributed by atoms with Crippen molar-refractivity contribution in [1.29, 1.82) is 0 Å². The highest BCUT2D eigenvalue weighted by Crippen LogP contribution is 2.30. The molecular formula is C17H16N2O3. The van der Waals surface area contributed by atoms with Gasteiger partial charge in [-0.2, -0.15) is 5.10 Å². The first-order valence-corrected chi connectivity index (χ1v) is 7.00. The maximum absolute atomic E-state index is 12.0. The predicted octanol–water partition coefficient (Wildman–Crippen LogP) is 2.29. The van der Waals surface area contributed by atoms with Crippen molar-refractivity contribution in [2.75, 3.05) is 6.61 Å². The molecule has 0 bridgehead atoms. The molecule has 1 aliphatic rings. The van der Waals surface area contributed by atoms with Crippen LogP contribution in [0, 0.1) is 6.92 Å². The SMILES string of the molecule is Cc1ccc(/C=N/NC(=O)[C@@H]2COc3ccccc3O2)cc1. The summed E-state index contributed by atoms with van der Waals surface area (Å²) in [7, 11) is 0. The van der Waals surface area contributed by atoms with Crippen LogP contribution in [0.15, 0.2) is 53.6 Å². The molecule has 0 fully saturated rings. The molecule has 3 rings (SSSR count). The third-order valence-corrected chi connectivity index (χ3v) is 3.27. The summed E-state index contributed by atoms with van der Waals surface area (Å²) in [6.45, 7) is 2.18. The summed E-state index contributed by atoms with van der Waals surface area (Å²) in [6, 6.07) is 15.1. The highest BCUT2D eigenvalue weighted by Gasteiger charge is 2.26. The maximum Gasteiger partial charge on any atom is 0.284 e. The Bertz CT molecular complexity index is 695. The number of fused-ring (bicyclic) bond motifs is 1. The van der Waals surface area contributed by atoms with Gasteiger partial charge in [-0.1, -0.05) is 42.0 Å². The van der Waals surface area contributed by atoms with Crippen molar-refractivity contribution in [2.45, 2.75) is 13.0 Å². The van der Waals surface area contributed by atoms with Crippen molar-refractivity contribution >= 4 is 12.1 Å². The standard InChI is InChI=1S/C17H16N2O3/c1-12-6-8-13(9-7-12)10-18-19-17(20)16-11-21-14-4-2-3-5-15(14)22-16/h2-10,16H,11H2,1H3,(H,19,20)/b18-10+/t16-/m0/s1. The third-order valence-electron chi connectivity index (χ3n) is 3.27. The molecule has 2 aromatic rings. The minimum atomic E-state index is -0.704. The van der Waals surface area contributed by atoms with Gasteiger partial charge in [0.1, 0.15) is 6.61 Å². The normalized spacial score (nSPS) is 16.5. The molecule has 0 saturated heterocycles. The van der Waals surface area contributed by atoms with E-state index >= 15 is 0 Å². The zero-order chi connectivity index (χ0) is 15.4. The Balaban J connectivity index is 1.58. The van der Waals surface area contributed by atoms with E-state index in [4.69, 9.17) is 9.47 Å². The first-order valence-electron chi connectivity index (χ1n) is 7.00. The molecule has 1 atom stereocenters. The number of benzene rings is 2. The number of nitrogens with one attached hydrogen (secondary N) is 1. The van der Waals surface area contributed by atoms with Crippen molar-refractivity contribution < 1.29 is 14.3 Å². The molecule has 0 aliphatic carbocycles. The molecule has 0 spiro atoms. The average Bonchev–Trinajstić information content (AvgIpc) is 2.56. The van der Waals surface area contributed by atoms with Gasteiger partial charge in [0.2, 0.25) is 6.10 Å². The second kappa shape index (κ2) is 6.30. The van der Waals surface area contributed by atoms with Crippen LogP contribution in [0.5, 0.6) is 11.5 Å². The Morgan fingerprint density at radius 1 is 1.18 bits per heavy atom. The number of carbonyl (C=O) groups is 1. The quantitative estimate of drug-likeness (QED) is 0.698. The summed E-state index contributed by atoms with van der Waals surface area (Å²) in [5.41, 5.74) is 4.56. The lowest BCUT2D eigenvalue weighted by Gasteiger charge is -2.24. The number of ether oxygens (including phenoxy) is 2. The minimum absolute atomic E-state index is 0.170. The van der Waals surface area contributed by atoms with Crippen molar-refractivity contribution in [3.8, 4) is 11.5 Å². The van der Waals surface area contributed by atoms with Gasteiger partial charge >= 0.3 is 0 Å². The molecule has 1 aliphatic heterocycles. The van der Waals surface area contributed by atoms with Crippen LogP contribution < -0.4 is 14.9 Å². The van der Waals surface area contributed by atoms with Crippen LogP contribution >= 0.6 is 0 Å². The lowest BCUT2D eigenvalue weighted by Crippen LogP contribution is -2.42. The topological polar surface area (TPSA) is 59.9 Å². The fraction of sp³-hybridized carbons (Fsp3) is 0.176. The van der Waals surface area contributed by atoms with Gasteiger partial charge in [-0.15, -0.1) is 0 Å². The second-order valence-electron chi connectivity index (χ2n) is 5.01. The summed E-state index contributed by atoms with van der Waals surface area (Å²) in [5.74, 6) is 0.879. The van der Waals surface area contributed by atoms with Crippen LogP contribution in [0.2, 0.25) is 0 Å². The van der Waals surface area contributed by atoms with E-state index in [1.165, 1.54) is 5.56 Å². The first-order chi connectivity index (χ1) is 10.7. The largest absolute Gasteiger partial charge is 0.485 e. The van der Waals surface area contributed by atoms with E-state index in [1.54, 1.807) is 18.3 Å². The molecule has 0 unspecified atom stereocenters. The average molecular weight is 296 g/mol. The summed E-state index contributed by atoms with van der Waals surface area (Å²) in [4.78, 5) is 12.0. The van der Waals surface area contributed by atoms with E-state index in [1.807, 2.05) is 43.3 Å². The van der Waals surface area contributed by atoms with Gasteiger partial charge in [0.15, 0.2) is 11.5 Å². The predicted molar refractivity (Wildman–Crippen MR) is 83.3 cm³/mol. The molecule has 1 heterocycles. The van der Waals surface area contributed by atoms with Crippen LogP contribution in [0.1, 0.15) is 11.1 Å². The van der Waals surface area contributed by atoms with E-state index in [0.717, 1.165) is 5.56 Å². The van der Waals surface area contributed by atoms with Crippen LogP contribution in [0.3, 0.4) is 0 Å². The summed E-state index contributed by atoms with van der Waals surface area (Å²) in [6.07, 6.45) is 0.889. The third kappa shape index (κ3) is 3.25. The molecule has 1 amide bonds. The number of carbonyl (C=O) groups excluding carboxylic acids is 1. The number of aryl methyl sites for hydroxylation is 1. The molecule has 22 heavy (non-hydrogen) atoms. The minimum Gasteiger partial charge on any atom is -0.485 e. The van der Waals surface area contributed by atoms with Gasteiger partial charge in [-0.3, -0.25) is 4.79 Å². The van der Waals surface area contributed by atoms with Gasteiger partial charge in [0.25, 0.3) is 5.91 Å². The number of hydrogen-bond acceptors (Lipinski definition) is 4. The molecule has 0 saturated carbocycles. The van der Waals surface area contributed by atoms with Crippen LogP contribution in [-0.4, -0.2) is 24.8 Å². The highest BCUT2D eigenvalue weighted by molar-refractivity contribution is 5.84. The number of amides is 1. The van der Waals surface area contributed by atoms with Gasteiger partial charge in [0, 0.05) is 0 Å². The van der Waals surface area contributed by atoms with Crippen LogP contribution in [0.4, 0.5) is 0 Å². The zero-order valence-electron chi connectivity index (χ0n) is 12.2. The van der Waals surface area contributed by atoms with E-state index < -0.39 is 6.10 Å². The highest BCUT2D eigenvalue weighted by atomic mass is 16.6. The number of para-hydroxylation sites is 2. The molecule has 2 aromatic carbocycles. The Morgan fingerprint density at radius 3 is 2.68 bits per heavy atom. The fourth-order valence-electron chi connectivity index (χ4n) is 2.04. The molecule has 0 aromatic heterocycles. The number of rotatable bonds is 3. The Labute approximate surface area is 128 Å². The lowest BCUT2D eigenvalue weighted by atomic mass is 10.2. The lowest BCUT2D eigenvalue weighted by molar-refractivity contribution is -0.130. The van der Waals surface area contributed by atoms with E-state index in [9.17, 15) is 4.79 Å². The van der Waals surface area contributed by atoms with E-state index in [2.05, 4.69) is 10.5 Å². The van der Waals surface area contributed by atoms with Crippen LogP contribution in [0.25, 0.3) is 0 Å². The Kier molecular flexibility index (Phi) is 4.05. The fourth-order valence-corrected chi connectivity index (χ4v) is 2.04. The number of hydrogen-bond donors (Lipinski definition) is 1. The Morgan fingerprint density at radius 2 is 1.91 bits per heavy atom. The van der Waals surface area contributed by atoms with Crippen molar-refractivity contribution in [2.24, 2.45) is 5.10 Å². The van der Waals surface area contributed by atoms with E-state index in [0.29, 0.717) is 11.5 Å². The molecule has 0 radical (unpaired) electrons. The van der Waals surface area contributed by atoms with E-state index in [-0.39, 0.29) is 12.5 Å². The summed E-state index contributed by atoms with van der Waals surface area (Å²) >= 11 is 0. The smallest absolute Gasteiger partial charge is 0.284 e. The molecular weight excluding hydrogens is 280 g/mol. The van der Waals surface area contributed by atoms with Gasteiger partial charge in [0.05, 0.1) is 6.21 Å². The molecule has 5 heteroatoms. The van der Waals surface area contributed by atoms with Crippen molar-refractivity contribution in [3.63, 3.8) is 0 Å². The number of nitrogens with zero attached hydrogens (tertiary/aromatic N) is 1. The van der Waals surface area contributed by atoms with Crippen LogP contribution in [-0.2, 0) is 4.79 Å². The van der Waals surface area contributed by atoms with Gasteiger partial charge in [-0.05, 0) is 24.6 Å². The molecule has 112 valence electrons. The van der Waals surface area contributed by atoms with Crippen molar-refractivity contribution in [1.82, 2.24) is 5.43 Å². The monoisotopic (exact) mass is 296 g/mol. The summed E-state index contributed by atoms with van der Waals surface area (Å²) in [5, 5.41) is 3.94. The van der Waals surface area contributed by atoms with Gasteiger partial charge in [-0.25, -0.2) is 5.43 Å². The first kappa shape index (κ1) is 14.1. The summed E-state index contributed by atoms with van der Waals surface area (Å²) < 4.78 is 11.1. The maximum atomic E-state index is 12.0. The zero-order valence-corrected chi connectivity index (χ0v) is 12.2. The molecule has 1 N–H and O–H groups in total.